The third-order valence-electron chi connectivity index (χ3n) is 3.84. The van der Waals surface area contributed by atoms with Crippen LogP contribution in [0.3, 0.4) is 0 Å². The Bertz CT molecular complexity index is 693. The first-order valence-corrected chi connectivity index (χ1v) is 6.88. The first-order chi connectivity index (χ1) is 10.4. The molecule has 1 aliphatic rings. The molecule has 0 radical (unpaired) electrons. The Morgan fingerprint density at radius 1 is 1.32 bits per heavy atom. The summed E-state index contributed by atoms with van der Waals surface area (Å²) >= 11 is 0. The van der Waals surface area contributed by atoms with Crippen molar-refractivity contribution in [2.45, 2.75) is 32.1 Å². The molecule has 0 fully saturated rings. The lowest BCUT2D eigenvalue weighted by atomic mass is 9.98. The van der Waals surface area contributed by atoms with E-state index in [9.17, 15) is 17.6 Å². The van der Waals surface area contributed by atoms with Crippen LogP contribution >= 0.6 is 0 Å². The third kappa shape index (κ3) is 2.70. The Morgan fingerprint density at radius 3 is 2.73 bits per heavy atom. The van der Waals surface area contributed by atoms with Gasteiger partial charge in [0.15, 0.2) is 5.82 Å². The zero-order valence-electron chi connectivity index (χ0n) is 11.6. The lowest BCUT2D eigenvalue weighted by molar-refractivity contribution is -0.179. The van der Waals surface area contributed by atoms with Crippen molar-refractivity contribution in [2.24, 2.45) is 11.7 Å². The van der Waals surface area contributed by atoms with Crippen LogP contribution in [0.1, 0.15) is 17.8 Å². The van der Waals surface area contributed by atoms with E-state index in [0.29, 0.717) is 5.56 Å². The highest BCUT2D eigenvalue weighted by molar-refractivity contribution is 5.56. The lowest BCUT2D eigenvalue weighted by Gasteiger charge is -2.24. The predicted octanol–water partition coefficient (Wildman–Crippen LogP) is 2.67. The van der Waals surface area contributed by atoms with Crippen LogP contribution in [0.15, 0.2) is 18.2 Å². The largest absolute Gasteiger partial charge is 0.392 e. The van der Waals surface area contributed by atoms with E-state index < -0.39 is 17.9 Å². The molecule has 0 bridgehead atoms. The van der Waals surface area contributed by atoms with Crippen LogP contribution < -0.4 is 5.73 Å². The fourth-order valence-electron chi connectivity index (χ4n) is 2.57. The highest BCUT2D eigenvalue weighted by atomic mass is 19.4. The Balaban J connectivity index is 1.91. The number of fused-ring (bicyclic) bond motifs is 1. The second-order valence-electron chi connectivity index (χ2n) is 5.32. The molecule has 118 valence electrons. The first-order valence-electron chi connectivity index (χ1n) is 6.88. The van der Waals surface area contributed by atoms with E-state index >= 15 is 0 Å². The first kappa shape index (κ1) is 15.0. The van der Waals surface area contributed by atoms with Gasteiger partial charge < -0.3 is 5.73 Å². The molecule has 2 N–H and O–H groups in total. The van der Waals surface area contributed by atoms with E-state index in [-0.39, 0.29) is 43.1 Å². The van der Waals surface area contributed by atoms with Gasteiger partial charge >= 0.3 is 6.18 Å². The second-order valence-corrected chi connectivity index (χ2v) is 5.32. The average molecular weight is 314 g/mol. The minimum absolute atomic E-state index is 0.0338. The standard InChI is InChI=1S/C14H14F4N4/c15-11-5-8(7-19)1-2-10(11)13-20-12-6-9(14(16,17)18)3-4-22(12)21-13/h1-2,5,9H,3-4,6-7,19H2. The van der Waals surface area contributed by atoms with Gasteiger partial charge in [-0.2, -0.15) is 18.3 Å². The number of aromatic nitrogens is 3. The number of nitrogens with two attached hydrogens (primary N) is 1. The summed E-state index contributed by atoms with van der Waals surface area (Å²) in [5.41, 5.74) is 6.23. The summed E-state index contributed by atoms with van der Waals surface area (Å²) in [4.78, 5) is 4.08. The van der Waals surface area contributed by atoms with Gasteiger partial charge in [-0.15, -0.1) is 0 Å². The Labute approximate surface area is 124 Å². The highest BCUT2D eigenvalue weighted by Crippen LogP contribution is 2.35. The normalized spacial score (nSPS) is 18.3. The fraction of sp³-hybridized carbons (Fsp3) is 0.429. The van der Waals surface area contributed by atoms with E-state index in [2.05, 4.69) is 10.1 Å². The molecule has 2 aromatic rings. The van der Waals surface area contributed by atoms with E-state index in [1.54, 1.807) is 6.07 Å². The monoisotopic (exact) mass is 314 g/mol. The van der Waals surface area contributed by atoms with Crippen molar-refractivity contribution in [1.29, 1.82) is 0 Å². The summed E-state index contributed by atoms with van der Waals surface area (Å²) in [5, 5.41) is 4.12. The maximum absolute atomic E-state index is 14.0. The number of aryl methyl sites for hydroxylation is 1. The molecule has 1 aromatic carbocycles. The number of halogens is 4. The molecule has 2 heterocycles. The number of nitrogens with zero attached hydrogens (tertiary/aromatic N) is 3. The Morgan fingerprint density at radius 2 is 2.09 bits per heavy atom. The maximum Gasteiger partial charge on any atom is 0.392 e. The molecule has 1 aromatic heterocycles. The van der Waals surface area contributed by atoms with Crippen molar-refractivity contribution in [3.63, 3.8) is 0 Å². The van der Waals surface area contributed by atoms with Gasteiger partial charge in [-0.25, -0.2) is 14.1 Å². The number of hydrogen-bond donors (Lipinski definition) is 1. The van der Waals surface area contributed by atoms with Gasteiger partial charge in [0.1, 0.15) is 11.6 Å². The van der Waals surface area contributed by atoms with Gasteiger partial charge in [-0.1, -0.05) is 6.07 Å². The van der Waals surface area contributed by atoms with Gasteiger partial charge in [0.05, 0.1) is 11.5 Å². The van der Waals surface area contributed by atoms with Crippen LogP contribution in [0.5, 0.6) is 0 Å². The number of benzene rings is 1. The molecule has 1 atom stereocenters. The Kier molecular flexibility index (Phi) is 3.64. The van der Waals surface area contributed by atoms with E-state index in [1.807, 2.05) is 0 Å². The third-order valence-corrected chi connectivity index (χ3v) is 3.84. The predicted molar refractivity (Wildman–Crippen MR) is 71.2 cm³/mol. The molecule has 0 spiro atoms. The van der Waals surface area contributed by atoms with Gasteiger partial charge in [0.25, 0.3) is 0 Å². The summed E-state index contributed by atoms with van der Waals surface area (Å²) in [6, 6.07) is 4.44. The van der Waals surface area contributed by atoms with E-state index in [4.69, 9.17) is 5.73 Å². The summed E-state index contributed by atoms with van der Waals surface area (Å²) < 4.78 is 53.8. The zero-order valence-corrected chi connectivity index (χ0v) is 11.6. The smallest absolute Gasteiger partial charge is 0.326 e. The molecule has 4 nitrogen and oxygen atoms in total. The van der Waals surface area contributed by atoms with E-state index in [0.717, 1.165) is 0 Å². The fourth-order valence-corrected chi connectivity index (χ4v) is 2.57. The molecule has 0 amide bonds. The van der Waals surface area contributed by atoms with Crippen LogP contribution in [-0.4, -0.2) is 20.9 Å². The summed E-state index contributed by atoms with van der Waals surface area (Å²) in [5.74, 6) is -1.59. The zero-order chi connectivity index (χ0) is 15.9. The maximum atomic E-state index is 14.0. The van der Waals surface area contributed by atoms with Gasteiger partial charge in [-0.3, -0.25) is 0 Å². The summed E-state index contributed by atoms with van der Waals surface area (Å²) in [6.07, 6.45) is -4.50. The van der Waals surface area contributed by atoms with Crippen molar-refractivity contribution >= 4 is 0 Å². The average Bonchev–Trinajstić information content (AvgIpc) is 2.88. The molecule has 22 heavy (non-hydrogen) atoms. The number of hydrogen-bond acceptors (Lipinski definition) is 3. The van der Waals surface area contributed by atoms with Crippen LogP contribution in [0, 0.1) is 11.7 Å². The van der Waals surface area contributed by atoms with E-state index in [1.165, 1.54) is 16.8 Å². The van der Waals surface area contributed by atoms with Crippen LogP contribution in [-0.2, 0) is 19.5 Å². The Hall–Kier alpha value is -1.96. The molecule has 0 aliphatic carbocycles. The summed E-state index contributed by atoms with van der Waals surface area (Å²) in [6.45, 7) is 0.340. The molecule has 0 saturated heterocycles. The van der Waals surface area contributed by atoms with Crippen molar-refractivity contribution < 1.29 is 17.6 Å². The van der Waals surface area contributed by atoms with Crippen LogP contribution in [0.4, 0.5) is 17.6 Å². The van der Waals surface area contributed by atoms with Crippen LogP contribution in [0.25, 0.3) is 11.4 Å². The lowest BCUT2D eigenvalue weighted by Crippen LogP contribution is -2.31. The van der Waals surface area contributed by atoms with Crippen molar-refractivity contribution in [2.75, 3.05) is 0 Å². The quantitative estimate of drug-likeness (QED) is 0.867. The van der Waals surface area contributed by atoms with Gasteiger partial charge in [0, 0.05) is 19.5 Å². The minimum Gasteiger partial charge on any atom is -0.326 e. The molecule has 1 aliphatic heterocycles. The topological polar surface area (TPSA) is 56.7 Å². The molecular weight excluding hydrogens is 300 g/mol. The summed E-state index contributed by atoms with van der Waals surface area (Å²) in [7, 11) is 0. The van der Waals surface area contributed by atoms with Crippen LogP contribution in [0.2, 0.25) is 0 Å². The SMILES string of the molecule is NCc1ccc(-c2nc3n(n2)CCC(C(F)(F)F)C3)c(F)c1. The molecule has 1 unspecified atom stereocenters. The van der Waals surface area contributed by atoms with Crippen molar-refractivity contribution in [1.82, 2.24) is 14.8 Å². The molecule has 3 rings (SSSR count). The molecule has 0 saturated carbocycles. The highest BCUT2D eigenvalue weighted by Gasteiger charge is 2.42. The van der Waals surface area contributed by atoms with Gasteiger partial charge in [-0.05, 0) is 24.1 Å². The van der Waals surface area contributed by atoms with Crippen molar-refractivity contribution in [3.05, 3.63) is 35.4 Å². The number of alkyl halides is 3. The number of rotatable bonds is 2. The van der Waals surface area contributed by atoms with Gasteiger partial charge in [0.2, 0.25) is 0 Å². The molecule has 8 heteroatoms. The molecular formula is C14H14F4N4. The van der Waals surface area contributed by atoms with Crippen molar-refractivity contribution in [3.8, 4) is 11.4 Å². The second kappa shape index (κ2) is 5.35. The minimum atomic E-state index is -4.24.